The van der Waals surface area contributed by atoms with Gasteiger partial charge in [0.2, 0.25) is 5.95 Å². The number of amides is 1. The van der Waals surface area contributed by atoms with Crippen LogP contribution in [0.2, 0.25) is 0 Å². The molecular formula is C20H21N7O5. The number of carboxylic acid groups (broad SMARTS) is 2. The van der Waals surface area contributed by atoms with E-state index in [0.29, 0.717) is 22.7 Å². The summed E-state index contributed by atoms with van der Waals surface area (Å²) in [7, 11) is 0. The normalized spacial score (nSPS) is 11.7. The molecule has 166 valence electrons. The van der Waals surface area contributed by atoms with Crippen molar-refractivity contribution in [3.8, 4) is 0 Å². The van der Waals surface area contributed by atoms with Crippen LogP contribution in [0.3, 0.4) is 0 Å². The Morgan fingerprint density at radius 2 is 1.66 bits per heavy atom. The molecule has 12 heteroatoms. The molecule has 1 amide bonds. The van der Waals surface area contributed by atoms with Gasteiger partial charge in [0.15, 0.2) is 17.0 Å². The average molecular weight is 439 g/mol. The van der Waals surface area contributed by atoms with E-state index < -0.39 is 23.9 Å². The van der Waals surface area contributed by atoms with Crippen LogP contribution in [-0.2, 0) is 9.59 Å². The van der Waals surface area contributed by atoms with E-state index in [2.05, 4.69) is 30.6 Å². The van der Waals surface area contributed by atoms with Crippen LogP contribution in [-0.4, -0.2) is 54.0 Å². The Balaban J connectivity index is 1.77. The zero-order valence-electron chi connectivity index (χ0n) is 17.3. The number of nitrogens with one attached hydrogen (secondary N) is 2. The summed E-state index contributed by atoms with van der Waals surface area (Å²) in [6.45, 7) is 3.63. The second kappa shape index (κ2) is 9.20. The third-order valence-corrected chi connectivity index (χ3v) is 4.62. The number of hydrogen-bond acceptors (Lipinski definition) is 9. The largest absolute Gasteiger partial charge is 0.481 e. The fraction of sp³-hybridized carbons (Fsp3) is 0.250. The van der Waals surface area contributed by atoms with Gasteiger partial charge in [-0.05, 0) is 44.5 Å². The number of nitrogen functional groups attached to an aromatic ring is 1. The Kier molecular flexibility index (Phi) is 6.42. The zero-order chi connectivity index (χ0) is 23.4. The minimum Gasteiger partial charge on any atom is -0.481 e. The van der Waals surface area contributed by atoms with Crippen molar-refractivity contribution >= 4 is 46.5 Å². The second-order valence-corrected chi connectivity index (χ2v) is 7.00. The summed E-state index contributed by atoms with van der Waals surface area (Å²) in [5.74, 6) is -2.72. The summed E-state index contributed by atoms with van der Waals surface area (Å²) < 4.78 is 0. The number of aliphatic carboxylic acids is 2. The van der Waals surface area contributed by atoms with Gasteiger partial charge >= 0.3 is 11.9 Å². The lowest BCUT2D eigenvalue weighted by Crippen LogP contribution is -2.41. The monoisotopic (exact) mass is 439 g/mol. The molecule has 0 saturated carbocycles. The number of aromatic nitrogens is 4. The highest BCUT2D eigenvalue weighted by Gasteiger charge is 2.21. The third kappa shape index (κ3) is 5.22. The number of hydrogen-bond donors (Lipinski definition) is 5. The van der Waals surface area contributed by atoms with Crippen LogP contribution in [0.5, 0.6) is 0 Å². The molecule has 32 heavy (non-hydrogen) atoms. The molecule has 3 rings (SSSR count). The molecule has 1 aromatic carbocycles. The third-order valence-electron chi connectivity index (χ3n) is 4.62. The van der Waals surface area contributed by atoms with Gasteiger partial charge in [0.05, 0.1) is 11.4 Å². The van der Waals surface area contributed by atoms with Crippen molar-refractivity contribution in [3.63, 3.8) is 0 Å². The predicted octanol–water partition coefficient (Wildman–Crippen LogP) is 1.41. The second-order valence-electron chi connectivity index (χ2n) is 7.00. The number of anilines is 3. The van der Waals surface area contributed by atoms with Gasteiger partial charge in [-0.3, -0.25) is 9.59 Å². The zero-order valence-corrected chi connectivity index (χ0v) is 17.3. The van der Waals surface area contributed by atoms with Crippen molar-refractivity contribution in [2.45, 2.75) is 32.7 Å². The van der Waals surface area contributed by atoms with E-state index in [9.17, 15) is 19.5 Å². The molecule has 6 N–H and O–H groups in total. The fourth-order valence-corrected chi connectivity index (χ4v) is 2.82. The molecule has 2 aromatic heterocycles. The van der Waals surface area contributed by atoms with E-state index in [1.807, 2.05) is 13.8 Å². The Morgan fingerprint density at radius 3 is 2.28 bits per heavy atom. The van der Waals surface area contributed by atoms with E-state index in [1.165, 1.54) is 12.1 Å². The predicted molar refractivity (Wildman–Crippen MR) is 114 cm³/mol. The average Bonchev–Trinajstić information content (AvgIpc) is 2.72. The van der Waals surface area contributed by atoms with Crippen molar-refractivity contribution in [2.24, 2.45) is 0 Å². The molecule has 1 atom stereocenters. The molecular weight excluding hydrogens is 418 g/mol. The molecule has 2 heterocycles. The van der Waals surface area contributed by atoms with E-state index in [4.69, 9.17) is 10.8 Å². The van der Waals surface area contributed by atoms with Crippen LogP contribution < -0.4 is 16.4 Å². The number of carbonyl (C=O) groups excluding carboxylic acids is 1. The first kappa shape index (κ1) is 22.3. The maximum atomic E-state index is 12.4. The van der Waals surface area contributed by atoms with Crippen molar-refractivity contribution in [3.05, 3.63) is 41.2 Å². The number of nitrogens with two attached hydrogens (primary N) is 1. The van der Waals surface area contributed by atoms with Gasteiger partial charge in [0, 0.05) is 17.7 Å². The highest BCUT2D eigenvalue weighted by Crippen LogP contribution is 2.23. The van der Waals surface area contributed by atoms with Crippen LogP contribution >= 0.6 is 0 Å². The van der Waals surface area contributed by atoms with Crippen molar-refractivity contribution in [1.29, 1.82) is 0 Å². The first-order chi connectivity index (χ1) is 15.1. The molecule has 0 aliphatic carbocycles. The fourth-order valence-electron chi connectivity index (χ4n) is 2.82. The van der Waals surface area contributed by atoms with Crippen molar-refractivity contribution < 1.29 is 24.6 Å². The topological polar surface area (TPSA) is 193 Å². The van der Waals surface area contributed by atoms with Crippen molar-refractivity contribution in [2.75, 3.05) is 11.1 Å². The Labute approximate surface area is 181 Å². The molecule has 3 aromatic rings. The van der Waals surface area contributed by atoms with E-state index >= 15 is 0 Å². The first-order valence-corrected chi connectivity index (χ1v) is 9.55. The minimum atomic E-state index is -1.31. The molecule has 12 nitrogen and oxygen atoms in total. The van der Waals surface area contributed by atoms with Crippen LogP contribution in [0.4, 0.5) is 17.5 Å². The lowest BCUT2D eigenvalue weighted by Gasteiger charge is -2.14. The number of nitrogens with zero attached hydrogens (tertiary/aromatic N) is 4. The van der Waals surface area contributed by atoms with E-state index in [-0.39, 0.29) is 24.4 Å². The highest BCUT2D eigenvalue weighted by atomic mass is 16.4. The molecule has 0 fully saturated rings. The molecule has 0 saturated heterocycles. The quantitative estimate of drug-likeness (QED) is 0.340. The summed E-state index contributed by atoms with van der Waals surface area (Å²) in [5, 5.41) is 23.3. The van der Waals surface area contributed by atoms with Crippen LogP contribution in [0.15, 0.2) is 24.3 Å². The van der Waals surface area contributed by atoms with E-state index in [0.717, 1.165) is 11.4 Å². The van der Waals surface area contributed by atoms with Crippen molar-refractivity contribution in [1.82, 2.24) is 25.3 Å². The number of carboxylic acids is 2. The van der Waals surface area contributed by atoms with E-state index in [1.54, 1.807) is 12.1 Å². The number of rotatable bonds is 8. The van der Waals surface area contributed by atoms with Crippen LogP contribution in [0.25, 0.3) is 11.2 Å². The Hall–Kier alpha value is -4.35. The molecule has 1 unspecified atom stereocenters. The maximum Gasteiger partial charge on any atom is 0.326 e. The molecule has 0 aliphatic rings. The minimum absolute atomic E-state index is 0.0228. The maximum absolute atomic E-state index is 12.4. The van der Waals surface area contributed by atoms with Gasteiger partial charge in [-0.1, -0.05) is 0 Å². The SMILES string of the molecule is Cc1nc2nc(N)nc(Nc3ccc(C(=O)NC(CCC(=O)O)C(=O)O)cc3)c2nc1C. The van der Waals surface area contributed by atoms with Crippen LogP contribution in [0, 0.1) is 13.8 Å². The van der Waals surface area contributed by atoms with Gasteiger partial charge in [-0.25, -0.2) is 14.8 Å². The lowest BCUT2D eigenvalue weighted by molar-refractivity contribution is -0.140. The number of fused-ring (bicyclic) bond motifs is 1. The number of carbonyl (C=O) groups is 3. The van der Waals surface area contributed by atoms with Gasteiger partial charge in [0.1, 0.15) is 6.04 Å². The molecule has 0 radical (unpaired) electrons. The Morgan fingerprint density at radius 1 is 1.00 bits per heavy atom. The summed E-state index contributed by atoms with van der Waals surface area (Å²) in [5.41, 5.74) is 8.78. The smallest absolute Gasteiger partial charge is 0.326 e. The van der Waals surface area contributed by atoms with Gasteiger partial charge in [-0.15, -0.1) is 0 Å². The summed E-state index contributed by atoms with van der Waals surface area (Å²) >= 11 is 0. The number of benzene rings is 1. The number of aryl methyl sites for hydroxylation is 2. The van der Waals surface area contributed by atoms with Gasteiger partial charge in [-0.2, -0.15) is 9.97 Å². The summed E-state index contributed by atoms with van der Waals surface area (Å²) in [6, 6.07) is 4.86. The van der Waals surface area contributed by atoms with Gasteiger partial charge in [0.25, 0.3) is 5.91 Å². The first-order valence-electron chi connectivity index (χ1n) is 9.55. The summed E-state index contributed by atoms with van der Waals surface area (Å²) in [6.07, 6.45) is -0.601. The lowest BCUT2D eigenvalue weighted by atomic mass is 10.1. The molecule has 0 aliphatic heterocycles. The molecule has 0 bridgehead atoms. The van der Waals surface area contributed by atoms with Crippen LogP contribution in [0.1, 0.15) is 34.6 Å². The summed E-state index contributed by atoms with van der Waals surface area (Å²) in [4.78, 5) is 51.4. The highest BCUT2D eigenvalue weighted by molar-refractivity contribution is 5.97. The van der Waals surface area contributed by atoms with Gasteiger partial charge < -0.3 is 26.6 Å². The Bertz CT molecular complexity index is 1200. The molecule has 0 spiro atoms. The standard InChI is InChI=1S/C20H21N7O5/c1-9-10(2)23-16-15(22-9)17(27-20(21)26-16)24-12-5-3-11(4-6-12)18(30)25-13(19(31)32)7-8-14(28)29/h3-6,13H,7-8H2,1-2H3,(H,25,30)(H,28,29)(H,31,32)(H3,21,23,24,26,27).